The van der Waals surface area contributed by atoms with E-state index in [0.717, 1.165) is 16.7 Å². The highest BCUT2D eigenvalue weighted by molar-refractivity contribution is 5.74. The summed E-state index contributed by atoms with van der Waals surface area (Å²) in [5.74, 6) is -0.380. The Bertz CT molecular complexity index is 520. The number of amides is 1. The van der Waals surface area contributed by atoms with Gasteiger partial charge in [-0.3, -0.25) is 4.79 Å². The molecule has 1 atom stereocenters. The minimum absolute atomic E-state index is 0.171. The van der Waals surface area contributed by atoms with Crippen molar-refractivity contribution in [2.75, 3.05) is 0 Å². The van der Waals surface area contributed by atoms with E-state index in [1.54, 1.807) is 0 Å². The van der Waals surface area contributed by atoms with Gasteiger partial charge in [-0.25, -0.2) is 0 Å². The zero-order valence-corrected chi connectivity index (χ0v) is 10.0. The third-order valence-corrected chi connectivity index (χ3v) is 2.87. The standard InChI is InChI=1S/C15H16N2O/c16-14(10-15(17)18)13-8-6-12(7-9-13)11-4-2-1-3-5-11/h1-9,14H,10,16H2,(H2,17,18)/t14-/m1/s1. The molecule has 0 spiro atoms. The van der Waals surface area contributed by atoms with Crippen molar-refractivity contribution in [2.45, 2.75) is 12.5 Å². The van der Waals surface area contributed by atoms with Crippen LogP contribution in [0.25, 0.3) is 11.1 Å². The fourth-order valence-electron chi connectivity index (χ4n) is 1.89. The first-order valence-corrected chi connectivity index (χ1v) is 5.86. The largest absolute Gasteiger partial charge is 0.370 e. The van der Waals surface area contributed by atoms with Crippen LogP contribution in [0.5, 0.6) is 0 Å². The number of benzene rings is 2. The molecule has 18 heavy (non-hydrogen) atoms. The Morgan fingerprint density at radius 3 is 2.06 bits per heavy atom. The van der Waals surface area contributed by atoms with Gasteiger partial charge in [0.2, 0.25) is 5.91 Å². The van der Waals surface area contributed by atoms with E-state index in [2.05, 4.69) is 12.1 Å². The maximum absolute atomic E-state index is 10.8. The lowest BCUT2D eigenvalue weighted by Gasteiger charge is -2.10. The van der Waals surface area contributed by atoms with Crippen molar-refractivity contribution >= 4 is 5.91 Å². The lowest BCUT2D eigenvalue weighted by atomic mass is 9.99. The average Bonchev–Trinajstić information content (AvgIpc) is 2.39. The number of carbonyl (C=O) groups is 1. The first kappa shape index (κ1) is 12.3. The van der Waals surface area contributed by atoms with Gasteiger partial charge in [-0.15, -0.1) is 0 Å². The Labute approximate surface area is 106 Å². The number of primary amides is 1. The van der Waals surface area contributed by atoms with Crippen LogP contribution >= 0.6 is 0 Å². The van der Waals surface area contributed by atoms with Gasteiger partial charge in [0.05, 0.1) is 0 Å². The fourth-order valence-corrected chi connectivity index (χ4v) is 1.89. The van der Waals surface area contributed by atoms with Gasteiger partial charge >= 0.3 is 0 Å². The van der Waals surface area contributed by atoms with Crippen LogP contribution in [-0.4, -0.2) is 5.91 Å². The predicted octanol–water partition coefficient (Wildman–Crippen LogP) is 2.23. The monoisotopic (exact) mass is 240 g/mol. The molecule has 0 aliphatic heterocycles. The number of hydrogen-bond acceptors (Lipinski definition) is 2. The van der Waals surface area contributed by atoms with Gasteiger partial charge in [-0.05, 0) is 16.7 Å². The number of rotatable bonds is 4. The van der Waals surface area contributed by atoms with E-state index in [1.165, 1.54) is 0 Å². The second-order valence-corrected chi connectivity index (χ2v) is 4.26. The summed E-state index contributed by atoms with van der Waals surface area (Å²) < 4.78 is 0. The maximum atomic E-state index is 10.8. The second-order valence-electron chi connectivity index (χ2n) is 4.26. The highest BCUT2D eigenvalue weighted by atomic mass is 16.1. The van der Waals surface area contributed by atoms with E-state index in [0.29, 0.717) is 0 Å². The maximum Gasteiger partial charge on any atom is 0.219 e. The number of carbonyl (C=O) groups excluding carboxylic acids is 1. The Morgan fingerprint density at radius 1 is 0.944 bits per heavy atom. The van der Waals surface area contributed by atoms with Gasteiger partial charge in [0, 0.05) is 12.5 Å². The zero-order chi connectivity index (χ0) is 13.0. The first-order valence-electron chi connectivity index (χ1n) is 5.86. The molecule has 0 saturated heterocycles. The molecule has 3 heteroatoms. The molecule has 0 radical (unpaired) electrons. The van der Waals surface area contributed by atoms with E-state index in [-0.39, 0.29) is 18.4 Å². The van der Waals surface area contributed by atoms with Gasteiger partial charge in [0.15, 0.2) is 0 Å². The molecule has 0 heterocycles. The Kier molecular flexibility index (Phi) is 3.75. The van der Waals surface area contributed by atoms with Crippen molar-refractivity contribution in [3.63, 3.8) is 0 Å². The molecule has 0 aliphatic carbocycles. The van der Waals surface area contributed by atoms with Crippen molar-refractivity contribution in [1.29, 1.82) is 0 Å². The van der Waals surface area contributed by atoms with Crippen LogP contribution in [0.1, 0.15) is 18.0 Å². The Balaban J connectivity index is 2.18. The van der Waals surface area contributed by atoms with Gasteiger partial charge in [0.1, 0.15) is 0 Å². The molecule has 92 valence electrons. The van der Waals surface area contributed by atoms with Crippen LogP contribution in [0.15, 0.2) is 54.6 Å². The average molecular weight is 240 g/mol. The lowest BCUT2D eigenvalue weighted by Crippen LogP contribution is -2.20. The highest BCUT2D eigenvalue weighted by Gasteiger charge is 2.09. The van der Waals surface area contributed by atoms with Crippen molar-refractivity contribution in [2.24, 2.45) is 11.5 Å². The van der Waals surface area contributed by atoms with Crippen LogP contribution in [0.4, 0.5) is 0 Å². The Morgan fingerprint density at radius 2 is 1.50 bits per heavy atom. The molecule has 1 amide bonds. The molecule has 2 aromatic rings. The smallest absolute Gasteiger partial charge is 0.219 e. The molecule has 4 N–H and O–H groups in total. The van der Waals surface area contributed by atoms with E-state index in [9.17, 15) is 4.79 Å². The van der Waals surface area contributed by atoms with Crippen LogP contribution < -0.4 is 11.5 Å². The first-order chi connectivity index (χ1) is 8.66. The summed E-state index contributed by atoms with van der Waals surface area (Å²) in [6.45, 7) is 0. The van der Waals surface area contributed by atoms with Crippen molar-refractivity contribution in [3.8, 4) is 11.1 Å². The molecule has 0 bridgehead atoms. The minimum atomic E-state index is -0.380. The summed E-state index contributed by atoms with van der Waals surface area (Å²) in [6, 6.07) is 17.7. The summed E-state index contributed by atoms with van der Waals surface area (Å²) in [6.07, 6.45) is 0.171. The molecule has 0 unspecified atom stereocenters. The van der Waals surface area contributed by atoms with E-state index in [4.69, 9.17) is 11.5 Å². The topological polar surface area (TPSA) is 69.1 Å². The molecular weight excluding hydrogens is 224 g/mol. The predicted molar refractivity (Wildman–Crippen MR) is 72.6 cm³/mol. The van der Waals surface area contributed by atoms with Crippen LogP contribution in [-0.2, 0) is 4.79 Å². The van der Waals surface area contributed by atoms with Gasteiger partial charge in [0.25, 0.3) is 0 Å². The summed E-state index contributed by atoms with van der Waals surface area (Å²) >= 11 is 0. The zero-order valence-electron chi connectivity index (χ0n) is 10.0. The fraction of sp³-hybridized carbons (Fsp3) is 0.133. The minimum Gasteiger partial charge on any atom is -0.370 e. The SMILES string of the molecule is NC(=O)C[C@@H](N)c1ccc(-c2ccccc2)cc1. The van der Waals surface area contributed by atoms with E-state index < -0.39 is 0 Å². The molecule has 0 fully saturated rings. The number of hydrogen-bond donors (Lipinski definition) is 2. The quantitative estimate of drug-likeness (QED) is 0.860. The third-order valence-electron chi connectivity index (χ3n) is 2.87. The summed E-state index contributed by atoms with van der Waals surface area (Å²) in [5, 5.41) is 0. The molecule has 0 saturated carbocycles. The molecule has 3 nitrogen and oxygen atoms in total. The van der Waals surface area contributed by atoms with Crippen molar-refractivity contribution in [3.05, 3.63) is 60.2 Å². The van der Waals surface area contributed by atoms with Gasteiger partial charge in [-0.2, -0.15) is 0 Å². The Hall–Kier alpha value is -2.13. The molecule has 2 aromatic carbocycles. The van der Waals surface area contributed by atoms with Crippen LogP contribution in [0.3, 0.4) is 0 Å². The van der Waals surface area contributed by atoms with E-state index >= 15 is 0 Å². The van der Waals surface area contributed by atoms with E-state index in [1.807, 2.05) is 42.5 Å². The molecular formula is C15H16N2O. The molecule has 2 rings (SSSR count). The van der Waals surface area contributed by atoms with Gasteiger partial charge < -0.3 is 11.5 Å². The second kappa shape index (κ2) is 5.47. The lowest BCUT2D eigenvalue weighted by molar-refractivity contribution is -0.118. The summed E-state index contributed by atoms with van der Waals surface area (Å²) in [4.78, 5) is 10.8. The molecule has 0 aromatic heterocycles. The normalized spacial score (nSPS) is 12.1. The summed E-state index contributed by atoms with van der Waals surface area (Å²) in [7, 11) is 0. The number of nitrogens with two attached hydrogens (primary N) is 2. The molecule has 0 aliphatic rings. The van der Waals surface area contributed by atoms with Crippen molar-refractivity contribution < 1.29 is 4.79 Å². The van der Waals surface area contributed by atoms with Crippen LogP contribution in [0.2, 0.25) is 0 Å². The summed E-state index contributed by atoms with van der Waals surface area (Å²) in [5.41, 5.74) is 14.2. The van der Waals surface area contributed by atoms with Crippen molar-refractivity contribution in [1.82, 2.24) is 0 Å². The highest BCUT2D eigenvalue weighted by Crippen LogP contribution is 2.21. The van der Waals surface area contributed by atoms with Crippen LogP contribution in [0, 0.1) is 0 Å². The van der Waals surface area contributed by atoms with Gasteiger partial charge in [-0.1, -0.05) is 54.6 Å². The third kappa shape index (κ3) is 2.96.